The molecule has 6 nitrogen and oxygen atoms in total. The molecule has 0 spiro atoms. The van der Waals surface area contributed by atoms with Crippen LogP contribution in [0.2, 0.25) is 0 Å². The van der Waals surface area contributed by atoms with E-state index in [2.05, 4.69) is 10.3 Å². The summed E-state index contributed by atoms with van der Waals surface area (Å²) in [6.07, 6.45) is 0. The van der Waals surface area contributed by atoms with Crippen LogP contribution in [0.15, 0.2) is 10.9 Å². The van der Waals surface area contributed by atoms with Gasteiger partial charge in [0, 0.05) is 12.8 Å². The third kappa shape index (κ3) is 3.41. The van der Waals surface area contributed by atoms with Gasteiger partial charge in [-0.05, 0) is 25.5 Å². The quantitative estimate of drug-likeness (QED) is 0.674. The van der Waals surface area contributed by atoms with Gasteiger partial charge in [-0.1, -0.05) is 0 Å². The normalized spacial score (nSPS) is 12.2. The molecule has 1 atom stereocenters. The number of aromatic nitrogens is 1. The first-order chi connectivity index (χ1) is 8.49. The summed E-state index contributed by atoms with van der Waals surface area (Å²) in [5.41, 5.74) is 0.932. The van der Waals surface area contributed by atoms with Gasteiger partial charge in [-0.3, -0.25) is 9.59 Å². The molecule has 0 fully saturated rings. The molecule has 1 aromatic rings. The van der Waals surface area contributed by atoms with Crippen LogP contribution < -0.4 is 10.9 Å². The predicted molar refractivity (Wildman–Crippen MR) is 66.8 cm³/mol. The standard InChI is InChI=1S/C12H18N2O4/c1-7-4-8(2)13-11(16)10(7)12(17)14-9(5-15)6-18-3/h4,9,15H,5-6H2,1-3H3,(H,13,16)(H,14,17). The van der Waals surface area contributed by atoms with Gasteiger partial charge in [-0.2, -0.15) is 0 Å². The van der Waals surface area contributed by atoms with Gasteiger partial charge in [0.2, 0.25) is 0 Å². The van der Waals surface area contributed by atoms with Crippen molar-refractivity contribution in [2.45, 2.75) is 19.9 Å². The minimum absolute atomic E-state index is 0.0650. The molecular weight excluding hydrogens is 236 g/mol. The van der Waals surface area contributed by atoms with Gasteiger partial charge >= 0.3 is 0 Å². The van der Waals surface area contributed by atoms with E-state index in [0.29, 0.717) is 11.3 Å². The lowest BCUT2D eigenvalue weighted by Crippen LogP contribution is -2.42. The molecule has 3 N–H and O–H groups in total. The smallest absolute Gasteiger partial charge is 0.261 e. The van der Waals surface area contributed by atoms with Crippen molar-refractivity contribution >= 4 is 5.91 Å². The van der Waals surface area contributed by atoms with Crippen molar-refractivity contribution in [1.82, 2.24) is 10.3 Å². The number of rotatable bonds is 5. The minimum atomic E-state index is -0.525. The molecule has 1 rings (SSSR count). The van der Waals surface area contributed by atoms with Gasteiger partial charge in [0.1, 0.15) is 5.56 Å². The first-order valence-electron chi connectivity index (χ1n) is 5.60. The zero-order valence-corrected chi connectivity index (χ0v) is 10.7. The second kappa shape index (κ2) is 6.32. The van der Waals surface area contributed by atoms with E-state index in [1.165, 1.54) is 7.11 Å². The van der Waals surface area contributed by atoms with Gasteiger partial charge in [0.15, 0.2) is 0 Å². The number of aryl methyl sites for hydroxylation is 2. The second-order valence-corrected chi connectivity index (χ2v) is 4.15. The van der Waals surface area contributed by atoms with Crippen molar-refractivity contribution in [2.75, 3.05) is 20.3 Å². The Morgan fingerprint density at radius 2 is 2.22 bits per heavy atom. The maximum Gasteiger partial charge on any atom is 0.261 e. The number of aliphatic hydroxyl groups excluding tert-OH is 1. The molecule has 0 aromatic carbocycles. The van der Waals surface area contributed by atoms with E-state index < -0.39 is 17.5 Å². The highest BCUT2D eigenvalue weighted by molar-refractivity contribution is 5.95. The fourth-order valence-corrected chi connectivity index (χ4v) is 1.73. The number of hydrogen-bond donors (Lipinski definition) is 3. The number of amides is 1. The van der Waals surface area contributed by atoms with Crippen molar-refractivity contribution in [3.63, 3.8) is 0 Å². The van der Waals surface area contributed by atoms with Crippen LogP contribution in [0, 0.1) is 13.8 Å². The Bertz CT molecular complexity index is 481. The zero-order valence-electron chi connectivity index (χ0n) is 10.7. The summed E-state index contributed by atoms with van der Waals surface area (Å²) in [5.74, 6) is -0.509. The van der Waals surface area contributed by atoms with E-state index in [9.17, 15) is 9.59 Å². The molecule has 0 aliphatic rings. The van der Waals surface area contributed by atoms with Crippen molar-refractivity contribution in [1.29, 1.82) is 0 Å². The summed E-state index contributed by atoms with van der Waals surface area (Å²) in [5, 5.41) is 11.6. The summed E-state index contributed by atoms with van der Waals surface area (Å²) >= 11 is 0. The molecule has 0 aliphatic carbocycles. The first-order valence-corrected chi connectivity index (χ1v) is 5.60. The number of aromatic amines is 1. The third-order valence-electron chi connectivity index (χ3n) is 2.52. The number of aliphatic hydroxyl groups is 1. The number of nitrogens with one attached hydrogen (secondary N) is 2. The Hall–Kier alpha value is -1.66. The molecule has 0 bridgehead atoms. The highest BCUT2D eigenvalue weighted by atomic mass is 16.5. The number of hydrogen-bond acceptors (Lipinski definition) is 4. The van der Waals surface area contributed by atoms with Crippen molar-refractivity contribution in [2.24, 2.45) is 0 Å². The zero-order chi connectivity index (χ0) is 13.7. The Balaban J connectivity index is 2.94. The van der Waals surface area contributed by atoms with Gasteiger partial charge in [-0.25, -0.2) is 0 Å². The lowest BCUT2D eigenvalue weighted by Gasteiger charge is -2.15. The van der Waals surface area contributed by atoms with E-state index in [-0.39, 0.29) is 18.8 Å². The largest absolute Gasteiger partial charge is 0.394 e. The van der Waals surface area contributed by atoms with Crippen LogP contribution in [0.3, 0.4) is 0 Å². The van der Waals surface area contributed by atoms with Crippen LogP contribution in [0.25, 0.3) is 0 Å². The van der Waals surface area contributed by atoms with Crippen LogP contribution in [-0.2, 0) is 4.74 Å². The maximum absolute atomic E-state index is 11.9. The van der Waals surface area contributed by atoms with Crippen LogP contribution in [0.5, 0.6) is 0 Å². The van der Waals surface area contributed by atoms with E-state index in [0.717, 1.165) is 0 Å². The molecule has 1 amide bonds. The van der Waals surface area contributed by atoms with Gasteiger partial charge in [-0.15, -0.1) is 0 Å². The summed E-state index contributed by atoms with van der Waals surface area (Å²) in [4.78, 5) is 26.2. The van der Waals surface area contributed by atoms with Gasteiger partial charge in [0.05, 0.1) is 19.3 Å². The fraction of sp³-hybridized carbons (Fsp3) is 0.500. The van der Waals surface area contributed by atoms with Crippen LogP contribution in [0.1, 0.15) is 21.6 Å². The fourth-order valence-electron chi connectivity index (χ4n) is 1.73. The van der Waals surface area contributed by atoms with E-state index in [1.807, 2.05) is 0 Å². The molecule has 0 aliphatic heterocycles. The van der Waals surface area contributed by atoms with Gasteiger partial charge < -0.3 is 20.1 Å². The van der Waals surface area contributed by atoms with E-state index in [1.54, 1.807) is 19.9 Å². The minimum Gasteiger partial charge on any atom is -0.394 e. The van der Waals surface area contributed by atoms with Crippen molar-refractivity contribution in [3.8, 4) is 0 Å². The number of ether oxygens (including phenoxy) is 1. The summed E-state index contributed by atoms with van der Waals surface area (Å²) < 4.78 is 4.85. The first kappa shape index (κ1) is 14.4. The van der Waals surface area contributed by atoms with Crippen LogP contribution in [0.4, 0.5) is 0 Å². The number of H-pyrrole nitrogens is 1. The molecule has 1 heterocycles. The highest BCUT2D eigenvalue weighted by Gasteiger charge is 2.17. The van der Waals surface area contributed by atoms with Crippen molar-refractivity contribution < 1.29 is 14.6 Å². The predicted octanol–water partition coefficient (Wildman–Crippen LogP) is -0.271. The summed E-state index contributed by atoms with van der Waals surface area (Å²) in [7, 11) is 1.47. The number of carbonyl (C=O) groups is 1. The molecule has 1 aromatic heterocycles. The topological polar surface area (TPSA) is 91.4 Å². The van der Waals surface area contributed by atoms with Gasteiger partial charge in [0.25, 0.3) is 11.5 Å². The number of pyridine rings is 1. The lowest BCUT2D eigenvalue weighted by atomic mass is 10.1. The molecule has 0 radical (unpaired) electrons. The average molecular weight is 254 g/mol. The molecule has 0 saturated carbocycles. The number of carbonyl (C=O) groups excluding carboxylic acids is 1. The SMILES string of the molecule is COCC(CO)NC(=O)c1c(C)cc(C)[nH]c1=O. The Morgan fingerprint density at radius 3 is 2.72 bits per heavy atom. The molecular formula is C12H18N2O4. The number of methoxy groups -OCH3 is 1. The Labute approximate surface area is 105 Å². The van der Waals surface area contributed by atoms with Crippen LogP contribution >= 0.6 is 0 Å². The summed E-state index contributed by atoms with van der Waals surface area (Å²) in [6.45, 7) is 3.38. The average Bonchev–Trinajstić information content (AvgIpc) is 2.26. The molecule has 1 unspecified atom stereocenters. The maximum atomic E-state index is 11.9. The summed E-state index contributed by atoms with van der Waals surface area (Å²) in [6, 6.07) is 1.20. The molecule has 6 heteroatoms. The van der Waals surface area contributed by atoms with E-state index >= 15 is 0 Å². The van der Waals surface area contributed by atoms with E-state index in [4.69, 9.17) is 9.84 Å². The lowest BCUT2D eigenvalue weighted by molar-refractivity contribution is 0.0837. The second-order valence-electron chi connectivity index (χ2n) is 4.15. The Kier molecular flexibility index (Phi) is 5.06. The Morgan fingerprint density at radius 1 is 1.56 bits per heavy atom. The molecule has 100 valence electrons. The molecule has 18 heavy (non-hydrogen) atoms. The van der Waals surface area contributed by atoms with Crippen molar-refractivity contribution in [3.05, 3.63) is 33.2 Å². The third-order valence-corrected chi connectivity index (χ3v) is 2.52. The highest BCUT2D eigenvalue weighted by Crippen LogP contribution is 2.03. The van der Waals surface area contributed by atoms with Crippen LogP contribution in [-0.4, -0.2) is 42.4 Å². The monoisotopic (exact) mass is 254 g/mol. The molecule has 0 saturated heterocycles.